The summed E-state index contributed by atoms with van der Waals surface area (Å²) < 4.78 is 2.49. The highest BCUT2D eigenvalue weighted by Crippen LogP contribution is 2.29. The van der Waals surface area contributed by atoms with Gasteiger partial charge < -0.3 is 4.90 Å². The van der Waals surface area contributed by atoms with Crippen LogP contribution >= 0.6 is 15.9 Å². The standard InChI is InChI=1S/C17H17BrN4O2/c1-4-15(23)22-9-10(12-6-5-11(18)8-13(12)22)7-14-16(24)21(3)17(19)20(14)2/h5-9,19H,4H2,1-3H3/b14-7+,19-17?. The number of hydrogen-bond donors (Lipinski definition) is 1. The fourth-order valence-electron chi connectivity index (χ4n) is 2.77. The lowest BCUT2D eigenvalue weighted by Gasteiger charge is -2.10. The minimum absolute atomic E-state index is 0.0151. The predicted octanol–water partition coefficient (Wildman–Crippen LogP) is 3.13. The number of fused-ring (bicyclic) bond motifs is 1. The van der Waals surface area contributed by atoms with Crippen LogP contribution in [0, 0.1) is 5.41 Å². The van der Waals surface area contributed by atoms with E-state index in [1.54, 1.807) is 30.9 Å². The molecule has 1 saturated heterocycles. The van der Waals surface area contributed by atoms with Gasteiger partial charge in [-0.3, -0.25) is 24.5 Å². The van der Waals surface area contributed by atoms with Crippen LogP contribution in [0.1, 0.15) is 23.7 Å². The van der Waals surface area contributed by atoms with Gasteiger partial charge in [-0.15, -0.1) is 0 Å². The summed E-state index contributed by atoms with van der Waals surface area (Å²) in [6.07, 6.45) is 3.87. The normalized spacial score (nSPS) is 16.8. The van der Waals surface area contributed by atoms with Crippen molar-refractivity contribution in [2.75, 3.05) is 14.1 Å². The van der Waals surface area contributed by atoms with Crippen molar-refractivity contribution in [3.05, 3.63) is 40.1 Å². The first-order valence-electron chi connectivity index (χ1n) is 7.51. The smallest absolute Gasteiger partial charge is 0.277 e. The Morgan fingerprint density at radius 1 is 1.29 bits per heavy atom. The second-order valence-electron chi connectivity index (χ2n) is 5.64. The number of carbonyl (C=O) groups excluding carboxylic acids is 2. The number of likely N-dealkylation sites (N-methyl/N-ethyl adjacent to an activating group) is 2. The number of halogens is 1. The molecule has 1 aliphatic heterocycles. The Morgan fingerprint density at radius 2 is 2.00 bits per heavy atom. The van der Waals surface area contributed by atoms with Crippen LogP contribution in [-0.2, 0) is 4.79 Å². The minimum atomic E-state index is -0.234. The summed E-state index contributed by atoms with van der Waals surface area (Å²) in [4.78, 5) is 27.4. The van der Waals surface area contributed by atoms with E-state index in [1.807, 2.05) is 25.1 Å². The van der Waals surface area contributed by atoms with Crippen molar-refractivity contribution in [1.29, 1.82) is 5.41 Å². The molecule has 1 aromatic carbocycles. The highest BCUT2D eigenvalue weighted by atomic mass is 79.9. The number of aromatic nitrogens is 1. The summed E-state index contributed by atoms with van der Waals surface area (Å²) in [5, 5.41) is 8.79. The Bertz CT molecular complexity index is 913. The number of amides is 1. The van der Waals surface area contributed by atoms with Gasteiger partial charge in [0, 0.05) is 42.1 Å². The van der Waals surface area contributed by atoms with Crippen molar-refractivity contribution < 1.29 is 9.59 Å². The Morgan fingerprint density at radius 3 is 2.58 bits per heavy atom. The molecule has 0 bridgehead atoms. The van der Waals surface area contributed by atoms with Crippen molar-refractivity contribution in [2.24, 2.45) is 0 Å². The van der Waals surface area contributed by atoms with Gasteiger partial charge in [-0.2, -0.15) is 0 Å². The quantitative estimate of drug-likeness (QED) is 0.803. The molecule has 1 aromatic heterocycles. The van der Waals surface area contributed by atoms with Crippen molar-refractivity contribution >= 4 is 50.7 Å². The van der Waals surface area contributed by atoms with E-state index in [0.29, 0.717) is 12.1 Å². The fraction of sp³-hybridized carbons (Fsp3) is 0.235. The molecule has 2 heterocycles. The summed E-state index contributed by atoms with van der Waals surface area (Å²) in [7, 11) is 3.26. The molecule has 0 saturated carbocycles. The molecule has 0 spiro atoms. The van der Waals surface area contributed by atoms with Gasteiger partial charge in [-0.25, -0.2) is 0 Å². The van der Waals surface area contributed by atoms with Gasteiger partial charge in [0.2, 0.25) is 11.9 Å². The molecule has 7 heteroatoms. The second-order valence-corrected chi connectivity index (χ2v) is 6.56. The Labute approximate surface area is 148 Å². The molecule has 1 aliphatic rings. The monoisotopic (exact) mass is 388 g/mol. The number of carbonyl (C=O) groups is 2. The van der Waals surface area contributed by atoms with E-state index in [0.717, 1.165) is 20.9 Å². The first-order chi connectivity index (χ1) is 11.3. The van der Waals surface area contributed by atoms with Gasteiger partial charge >= 0.3 is 0 Å². The van der Waals surface area contributed by atoms with Crippen molar-refractivity contribution in [3.63, 3.8) is 0 Å². The molecule has 24 heavy (non-hydrogen) atoms. The first-order valence-corrected chi connectivity index (χ1v) is 8.30. The maximum Gasteiger partial charge on any atom is 0.277 e. The van der Waals surface area contributed by atoms with E-state index in [9.17, 15) is 9.59 Å². The molecule has 0 atom stereocenters. The van der Waals surface area contributed by atoms with Crippen LogP contribution in [0.3, 0.4) is 0 Å². The Kier molecular flexibility index (Phi) is 4.04. The van der Waals surface area contributed by atoms with Crippen LogP contribution in [0.2, 0.25) is 0 Å². The predicted molar refractivity (Wildman–Crippen MR) is 96.8 cm³/mol. The fourth-order valence-corrected chi connectivity index (χ4v) is 3.12. The largest absolute Gasteiger partial charge is 0.311 e. The van der Waals surface area contributed by atoms with Crippen LogP contribution in [0.4, 0.5) is 0 Å². The topological polar surface area (TPSA) is 69.4 Å². The van der Waals surface area contributed by atoms with Gasteiger partial charge in [0.25, 0.3) is 5.91 Å². The van der Waals surface area contributed by atoms with E-state index in [-0.39, 0.29) is 17.8 Å². The number of benzene rings is 1. The lowest BCUT2D eigenvalue weighted by molar-refractivity contribution is -0.121. The zero-order valence-electron chi connectivity index (χ0n) is 13.6. The van der Waals surface area contributed by atoms with E-state index in [2.05, 4.69) is 15.9 Å². The third kappa shape index (κ3) is 2.45. The second kappa shape index (κ2) is 5.90. The van der Waals surface area contributed by atoms with Gasteiger partial charge in [-0.1, -0.05) is 28.9 Å². The average molecular weight is 389 g/mol. The third-order valence-electron chi connectivity index (χ3n) is 4.18. The number of nitrogens with one attached hydrogen (secondary N) is 1. The van der Waals surface area contributed by atoms with Gasteiger partial charge in [-0.05, 0) is 18.2 Å². The molecule has 0 unspecified atom stereocenters. The highest BCUT2D eigenvalue weighted by molar-refractivity contribution is 9.10. The summed E-state index contributed by atoms with van der Waals surface area (Å²) in [6.45, 7) is 1.81. The van der Waals surface area contributed by atoms with Crippen LogP contribution < -0.4 is 0 Å². The van der Waals surface area contributed by atoms with Crippen molar-refractivity contribution in [1.82, 2.24) is 14.4 Å². The van der Waals surface area contributed by atoms with Crippen molar-refractivity contribution in [2.45, 2.75) is 13.3 Å². The van der Waals surface area contributed by atoms with Crippen LogP contribution in [0.5, 0.6) is 0 Å². The Hall–Kier alpha value is -2.41. The van der Waals surface area contributed by atoms with Crippen LogP contribution in [0.25, 0.3) is 17.0 Å². The first kappa shape index (κ1) is 16.4. The number of guanidine groups is 1. The van der Waals surface area contributed by atoms with Crippen molar-refractivity contribution in [3.8, 4) is 0 Å². The summed E-state index contributed by atoms with van der Waals surface area (Å²) in [5.41, 5.74) is 1.98. The average Bonchev–Trinajstić information content (AvgIpc) is 3.01. The van der Waals surface area contributed by atoms with E-state index in [1.165, 1.54) is 9.80 Å². The molecule has 1 N–H and O–H groups in total. The lowest BCUT2D eigenvalue weighted by atomic mass is 10.1. The molecule has 2 aromatic rings. The molecular formula is C17H17BrN4O2. The zero-order valence-corrected chi connectivity index (χ0v) is 15.2. The SMILES string of the molecule is CCC(=O)n1cc(/C=C2\C(=O)N(C)C(=N)N2C)c2ccc(Br)cc21. The molecule has 0 radical (unpaired) electrons. The summed E-state index contributed by atoms with van der Waals surface area (Å²) in [6, 6.07) is 5.71. The molecule has 3 rings (SSSR count). The lowest BCUT2D eigenvalue weighted by Crippen LogP contribution is -2.27. The number of nitrogens with zero attached hydrogens (tertiary/aromatic N) is 3. The Balaban J connectivity index is 2.21. The molecule has 1 amide bonds. The van der Waals surface area contributed by atoms with Gasteiger partial charge in [0.05, 0.1) is 5.52 Å². The maximum absolute atomic E-state index is 12.3. The number of rotatable bonds is 2. The van der Waals surface area contributed by atoms with Crippen LogP contribution in [0.15, 0.2) is 34.6 Å². The molecule has 6 nitrogen and oxygen atoms in total. The minimum Gasteiger partial charge on any atom is -0.311 e. The molecule has 124 valence electrons. The maximum atomic E-state index is 12.3. The van der Waals surface area contributed by atoms with Crippen LogP contribution in [-0.4, -0.2) is 46.2 Å². The molecule has 1 fully saturated rings. The molecule has 0 aliphatic carbocycles. The zero-order chi connectivity index (χ0) is 17.6. The molecular weight excluding hydrogens is 372 g/mol. The number of hydrogen-bond acceptors (Lipinski definition) is 3. The van der Waals surface area contributed by atoms with E-state index < -0.39 is 0 Å². The van der Waals surface area contributed by atoms with Gasteiger partial charge in [0.1, 0.15) is 5.70 Å². The van der Waals surface area contributed by atoms with Gasteiger partial charge in [0.15, 0.2) is 0 Å². The van der Waals surface area contributed by atoms with E-state index >= 15 is 0 Å². The van der Waals surface area contributed by atoms with E-state index in [4.69, 9.17) is 5.41 Å². The summed E-state index contributed by atoms with van der Waals surface area (Å²) >= 11 is 3.43. The third-order valence-corrected chi connectivity index (χ3v) is 4.68. The highest BCUT2D eigenvalue weighted by Gasteiger charge is 2.33. The summed E-state index contributed by atoms with van der Waals surface area (Å²) in [5.74, 6) is -0.122.